The lowest BCUT2D eigenvalue weighted by molar-refractivity contribution is 0.104. The number of nitrogens with zero attached hydrogens (tertiary/aromatic N) is 1. The molecule has 0 radical (unpaired) electrons. The molecule has 1 aromatic heterocycles. The van der Waals surface area contributed by atoms with Crippen molar-refractivity contribution >= 4 is 34.1 Å². The van der Waals surface area contributed by atoms with Crippen molar-refractivity contribution in [2.45, 2.75) is 5.75 Å². The van der Waals surface area contributed by atoms with E-state index in [1.165, 1.54) is 5.56 Å². The third kappa shape index (κ3) is 4.32. The zero-order valence-electron chi connectivity index (χ0n) is 15.1. The van der Waals surface area contributed by atoms with Crippen molar-refractivity contribution in [1.29, 1.82) is 0 Å². The Hall–Kier alpha value is -3.31. The van der Waals surface area contributed by atoms with Crippen LogP contribution in [0.25, 0.3) is 10.9 Å². The van der Waals surface area contributed by atoms with Crippen LogP contribution < -0.4 is 5.32 Å². The first-order valence-electron chi connectivity index (χ1n) is 8.96. The summed E-state index contributed by atoms with van der Waals surface area (Å²) in [4.78, 5) is 12.7. The largest absolute Gasteiger partial charge is 0.348 e. The first-order chi connectivity index (χ1) is 13.8. The number of rotatable bonds is 7. The minimum atomic E-state index is -0.0274. The average Bonchev–Trinajstić information content (AvgIpc) is 3.23. The van der Waals surface area contributed by atoms with Gasteiger partial charge in [0.25, 0.3) is 0 Å². The summed E-state index contributed by atoms with van der Waals surface area (Å²) in [6, 6.07) is 25.5. The Bertz CT molecular complexity index is 1100. The lowest BCUT2D eigenvalue weighted by Gasteiger charge is -2.12. The molecule has 4 aromatic rings. The van der Waals surface area contributed by atoms with Crippen LogP contribution in [0, 0.1) is 0 Å². The highest BCUT2D eigenvalue weighted by atomic mass is 32.2. The Morgan fingerprint density at radius 3 is 2.50 bits per heavy atom. The Labute approximate surface area is 167 Å². The van der Waals surface area contributed by atoms with E-state index >= 15 is 0 Å². The molecule has 4 rings (SSSR count). The number of para-hydroxylation sites is 1. The molecule has 0 aliphatic heterocycles. The second kappa shape index (κ2) is 8.59. The summed E-state index contributed by atoms with van der Waals surface area (Å²) in [6.45, 7) is 0. The number of hydrogen-bond acceptors (Lipinski definition) is 4. The minimum absolute atomic E-state index is 0.0274. The number of thioether (sulfide) groups is 1. The average molecular weight is 385 g/mol. The van der Waals surface area contributed by atoms with E-state index in [4.69, 9.17) is 0 Å². The van der Waals surface area contributed by atoms with E-state index < -0.39 is 0 Å². The predicted octanol–water partition coefficient (Wildman–Crippen LogP) is 5.63. The Kier molecular flexibility index (Phi) is 5.54. The van der Waals surface area contributed by atoms with E-state index in [0.29, 0.717) is 5.56 Å². The molecule has 0 fully saturated rings. The number of fused-ring (bicyclic) bond motifs is 1. The smallest absolute Gasteiger partial charge is 0.188 e. The number of benzene rings is 3. The fourth-order valence-corrected chi connectivity index (χ4v) is 3.75. The molecule has 28 heavy (non-hydrogen) atoms. The van der Waals surface area contributed by atoms with Gasteiger partial charge in [-0.2, -0.15) is 5.10 Å². The highest BCUT2D eigenvalue weighted by Crippen LogP contribution is 2.28. The van der Waals surface area contributed by atoms with Gasteiger partial charge >= 0.3 is 0 Å². The number of nitrogens with one attached hydrogen (secondary N) is 2. The number of ketones is 1. The van der Waals surface area contributed by atoms with Crippen molar-refractivity contribution in [2.24, 2.45) is 0 Å². The van der Waals surface area contributed by atoms with Crippen LogP contribution in [-0.2, 0) is 5.75 Å². The van der Waals surface area contributed by atoms with Crippen LogP contribution >= 0.6 is 11.8 Å². The topological polar surface area (TPSA) is 57.8 Å². The van der Waals surface area contributed by atoms with Crippen LogP contribution in [0.3, 0.4) is 0 Å². The lowest BCUT2D eigenvalue weighted by Crippen LogP contribution is -2.03. The highest BCUT2D eigenvalue weighted by Gasteiger charge is 2.09. The van der Waals surface area contributed by atoms with Gasteiger partial charge in [-0.25, -0.2) is 0 Å². The molecule has 0 atom stereocenters. The lowest BCUT2D eigenvalue weighted by atomic mass is 10.1. The van der Waals surface area contributed by atoms with Crippen molar-refractivity contribution < 1.29 is 4.79 Å². The second-order valence-corrected chi connectivity index (χ2v) is 7.30. The molecule has 1 heterocycles. The first-order valence-corrected chi connectivity index (χ1v) is 9.95. The maximum absolute atomic E-state index is 12.7. The third-order valence-electron chi connectivity index (χ3n) is 4.29. The maximum Gasteiger partial charge on any atom is 0.188 e. The number of anilines is 1. The van der Waals surface area contributed by atoms with Crippen LogP contribution in [0.1, 0.15) is 15.9 Å². The summed E-state index contributed by atoms with van der Waals surface area (Å²) < 4.78 is 0. The Balaban J connectivity index is 1.61. The van der Waals surface area contributed by atoms with Crippen LogP contribution in [-0.4, -0.2) is 16.0 Å². The van der Waals surface area contributed by atoms with Gasteiger partial charge in [0.2, 0.25) is 0 Å². The van der Waals surface area contributed by atoms with E-state index in [2.05, 4.69) is 27.6 Å². The van der Waals surface area contributed by atoms with E-state index in [-0.39, 0.29) is 5.78 Å². The quantitative estimate of drug-likeness (QED) is 0.320. The van der Waals surface area contributed by atoms with E-state index in [1.54, 1.807) is 24.0 Å². The molecular formula is C23H19N3OS. The number of carbonyl (C=O) groups is 1. The number of aromatic amines is 1. The molecule has 0 spiro atoms. The summed E-state index contributed by atoms with van der Waals surface area (Å²) in [6.07, 6.45) is 3.45. The molecule has 0 aliphatic carbocycles. The van der Waals surface area contributed by atoms with Gasteiger partial charge in [0.05, 0.1) is 22.4 Å². The molecule has 0 bridgehead atoms. The normalized spacial score (nSPS) is 11.5. The van der Waals surface area contributed by atoms with Crippen LogP contribution in [0.4, 0.5) is 5.69 Å². The van der Waals surface area contributed by atoms with Crippen molar-refractivity contribution in [3.8, 4) is 0 Å². The molecular weight excluding hydrogens is 366 g/mol. The minimum Gasteiger partial charge on any atom is -0.348 e. The second-order valence-electron chi connectivity index (χ2n) is 6.28. The molecule has 4 nitrogen and oxygen atoms in total. The van der Waals surface area contributed by atoms with Gasteiger partial charge in [-0.3, -0.25) is 9.89 Å². The van der Waals surface area contributed by atoms with Crippen molar-refractivity contribution in [3.05, 3.63) is 107 Å². The Morgan fingerprint density at radius 1 is 0.964 bits per heavy atom. The van der Waals surface area contributed by atoms with Gasteiger partial charge in [0.1, 0.15) is 0 Å². The number of H-pyrrole nitrogens is 1. The summed E-state index contributed by atoms with van der Waals surface area (Å²) in [5, 5.41) is 12.4. The SMILES string of the molecule is O=C(/C=C(\Nc1cccc2cn[nH]c12)SCc1ccccc1)c1ccccc1. The highest BCUT2D eigenvalue weighted by molar-refractivity contribution is 8.02. The molecule has 0 unspecified atom stereocenters. The molecule has 0 aliphatic rings. The van der Waals surface area contributed by atoms with Crippen LogP contribution in [0.5, 0.6) is 0 Å². The number of aromatic nitrogens is 2. The van der Waals surface area contributed by atoms with Crippen LogP contribution in [0.2, 0.25) is 0 Å². The van der Waals surface area contributed by atoms with E-state index in [0.717, 1.165) is 27.4 Å². The monoisotopic (exact) mass is 385 g/mol. The molecule has 2 N–H and O–H groups in total. The van der Waals surface area contributed by atoms with Gasteiger partial charge in [-0.05, 0) is 11.6 Å². The predicted molar refractivity (Wildman–Crippen MR) is 116 cm³/mol. The molecule has 0 amide bonds. The summed E-state index contributed by atoms with van der Waals surface area (Å²) in [5.74, 6) is 0.737. The Morgan fingerprint density at radius 2 is 1.71 bits per heavy atom. The van der Waals surface area contributed by atoms with Gasteiger partial charge < -0.3 is 5.32 Å². The fraction of sp³-hybridized carbons (Fsp3) is 0.0435. The van der Waals surface area contributed by atoms with E-state index in [1.807, 2.05) is 66.7 Å². The third-order valence-corrected chi connectivity index (χ3v) is 5.30. The van der Waals surface area contributed by atoms with Crippen molar-refractivity contribution in [3.63, 3.8) is 0 Å². The molecule has 0 saturated heterocycles. The van der Waals surface area contributed by atoms with Crippen molar-refractivity contribution in [2.75, 3.05) is 5.32 Å². The standard InChI is InChI=1S/C23H19N3OS/c27-21(18-10-5-2-6-11-18)14-22(28-16-17-8-3-1-4-9-17)25-20-13-7-12-19-15-24-26-23(19)20/h1-15,25H,16H2,(H,24,26)/b22-14+. The zero-order valence-corrected chi connectivity index (χ0v) is 15.9. The zero-order chi connectivity index (χ0) is 19.2. The van der Waals surface area contributed by atoms with Gasteiger partial charge in [-0.1, -0.05) is 72.8 Å². The molecule has 5 heteroatoms. The van der Waals surface area contributed by atoms with Crippen molar-refractivity contribution in [1.82, 2.24) is 10.2 Å². The summed E-state index contributed by atoms with van der Waals surface area (Å²) in [7, 11) is 0. The summed E-state index contributed by atoms with van der Waals surface area (Å²) in [5.41, 5.74) is 3.68. The molecule has 3 aromatic carbocycles. The van der Waals surface area contributed by atoms with E-state index in [9.17, 15) is 4.79 Å². The van der Waals surface area contributed by atoms with Gasteiger partial charge in [0.15, 0.2) is 5.78 Å². The maximum atomic E-state index is 12.7. The van der Waals surface area contributed by atoms with Gasteiger partial charge in [-0.15, -0.1) is 11.8 Å². The fourth-order valence-electron chi connectivity index (χ4n) is 2.86. The molecule has 0 saturated carbocycles. The van der Waals surface area contributed by atoms with Gasteiger partial charge in [0, 0.05) is 22.8 Å². The first kappa shape index (κ1) is 18.1. The molecule has 138 valence electrons. The number of allylic oxidation sites excluding steroid dienone is 1. The number of hydrogen-bond donors (Lipinski definition) is 2. The van der Waals surface area contributed by atoms with Crippen LogP contribution in [0.15, 0.2) is 96.2 Å². The summed E-state index contributed by atoms with van der Waals surface area (Å²) >= 11 is 1.60. The number of carbonyl (C=O) groups excluding carboxylic acids is 1.